The van der Waals surface area contributed by atoms with Crippen molar-refractivity contribution in [3.05, 3.63) is 29.3 Å². The van der Waals surface area contributed by atoms with Gasteiger partial charge in [0.15, 0.2) is 0 Å². The third kappa shape index (κ3) is 2.95. The van der Waals surface area contributed by atoms with Crippen molar-refractivity contribution < 1.29 is 8.42 Å². The van der Waals surface area contributed by atoms with Gasteiger partial charge in [-0.3, -0.25) is 0 Å². The predicted molar refractivity (Wildman–Crippen MR) is 78.7 cm³/mol. The lowest BCUT2D eigenvalue weighted by Gasteiger charge is -2.33. The van der Waals surface area contributed by atoms with E-state index in [1.54, 1.807) is 13.1 Å². The second-order valence-corrected chi connectivity index (χ2v) is 7.69. The van der Waals surface area contributed by atoms with Crippen LogP contribution in [0.3, 0.4) is 0 Å². The molecule has 5 heteroatoms. The molecule has 0 saturated carbocycles. The summed E-state index contributed by atoms with van der Waals surface area (Å²) in [6.07, 6.45) is 0. The van der Waals surface area contributed by atoms with Crippen molar-refractivity contribution in [3.8, 4) is 0 Å². The third-order valence-corrected chi connectivity index (χ3v) is 6.75. The molecule has 0 aliphatic carbocycles. The molecule has 0 bridgehead atoms. The summed E-state index contributed by atoms with van der Waals surface area (Å²) in [5.41, 5.74) is 1.39. The molecule has 1 aromatic carbocycles. The first-order chi connectivity index (χ1) is 8.13. The number of sulfonamides is 1. The van der Waals surface area contributed by atoms with Gasteiger partial charge in [0.2, 0.25) is 10.0 Å². The Morgan fingerprint density at radius 3 is 2.28 bits per heavy atom. The fourth-order valence-corrected chi connectivity index (χ4v) is 3.90. The van der Waals surface area contributed by atoms with Crippen LogP contribution in [0.2, 0.25) is 0 Å². The van der Waals surface area contributed by atoms with Crippen molar-refractivity contribution in [3.63, 3.8) is 0 Å². The van der Waals surface area contributed by atoms with E-state index in [0.29, 0.717) is 10.2 Å². The second-order valence-electron chi connectivity index (χ2n) is 5.19. The molecule has 102 valence electrons. The van der Waals surface area contributed by atoms with Gasteiger partial charge in [-0.15, -0.1) is 0 Å². The highest BCUT2D eigenvalue weighted by Crippen LogP contribution is 2.26. The molecule has 0 amide bonds. The maximum Gasteiger partial charge on any atom is 0.243 e. The Bertz CT molecular complexity index is 538. The molecule has 3 nitrogen and oxygen atoms in total. The van der Waals surface area contributed by atoms with Crippen molar-refractivity contribution in [2.24, 2.45) is 0 Å². The molecule has 0 N–H and O–H groups in total. The van der Waals surface area contributed by atoms with Crippen LogP contribution < -0.4 is 0 Å². The summed E-state index contributed by atoms with van der Waals surface area (Å²) in [5.74, 6) is 0. The molecule has 0 aromatic heterocycles. The van der Waals surface area contributed by atoms with E-state index in [0.717, 1.165) is 11.1 Å². The van der Waals surface area contributed by atoms with E-state index in [-0.39, 0.29) is 0 Å². The fourth-order valence-electron chi connectivity index (χ4n) is 1.65. The summed E-state index contributed by atoms with van der Waals surface area (Å²) in [6, 6.07) is 5.40. The second kappa shape index (κ2) is 5.31. The number of benzene rings is 1. The van der Waals surface area contributed by atoms with Gasteiger partial charge in [-0.05, 0) is 39.3 Å². The Morgan fingerprint density at radius 1 is 1.28 bits per heavy atom. The van der Waals surface area contributed by atoms with Crippen LogP contribution in [-0.2, 0) is 10.0 Å². The Labute approximate surface area is 118 Å². The van der Waals surface area contributed by atoms with E-state index in [1.165, 1.54) is 4.31 Å². The van der Waals surface area contributed by atoms with E-state index >= 15 is 0 Å². The zero-order valence-corrected chi connectivity index (χ0v) is 13.9. The lowest BCUT2D eigenvalue weighted by molar-refractivity contribution is 0.299. The van der Waals surface area contributed by atoms with Gasteiger partial charge >= 0.3 is 0 Å². The summed E-state index contributed by atoms with van der Waals surface area (Å²) in [4.78, 5) is 0.379. The lowest BCUT2D eigenvalue weighted by atomic mass is 10.1. The monoisotopic (exact) mass is 333 g/mol. The largest absolute Gasteiger partial charge is 0.243 e. The number of nitrogens with zero attached hydrogens (tertiary/aromatic N) is 1. The van der Waals surface area contributed by atoms with Gasteiger partial charge < -0.3 is 0 Å². The number of hydrogen-bond donors (Lipinski definition) is 0. The smallest absolute Gasteiger partial charge is 0.207 e. The zero-order valence-electron chi connectivity index (χ0n) is 11.5. The van der Waals surface area contributed by atoms with Gasteiger partial charge in [0.05, 0.1) is 4.90 Å². The van der Waals surface area contributed by atoms with E-state index in [9.17, 15) is 8.42 Å². The van der Waals surface area contributed by atoms with Crippen LogP contribution in [0.5, 0.6) is 0 Å². The van der Waals surface area contributed by atoms with Crippen molar-refractivity contribution in [1.82, 2.24) is 4.31 Å². The number of halogens is 1. The number of alkyl halides is 1. The molecule has 0 aliphatic rings. The van der Waals surface area contributed by atoms with Crippen LogP contribution in [-0.4, -0.2) is 30.6 Å². The van der Waals surface area contributed by atoms with Crippen LogP contribution in [0.15, 0.2) is 23.1 Å². The van der Waals surface area contributed by atoms with E-state index in [2.05, 4.69) is 15.9 Å². The van der Waals surface area contributed by atoms with Crippen LogP contribution in [0.1, 0.15) is 25.0 Å². The molecule has 1 aromatic rings. The first-order valence-electron chi connectivity index (χ1n) is 5.75. The lowest BCUT2D eigenvalue weighted by Crippen LogP contribution is -2.46. The summed E-state index contributed by atoms with van der Waals surface area (Å²) in [5, 5.41) is 0.584. The highest BCUT2D eigenvalue weighted by molar-refractivity contribution is 9.09. The molecular formula is C13H20BrNO2S. The predicted octanol–water partition coefficient (Wildman–Crippen LogP) is 3.10. The molecular weight excluding hydrogens is 314 g/mol. The molecule has 0 fully saturated rings. The Hall–Kier alpha value is -0.390. The van der Waals surface area contributed by atoms with E-state index < -0.39 is 15.6 Å². The molecule has 1 rings (SSSR count). The van der Waals surface area contributed by atoms with Crippen LogP contribution >= 0.6 is 15.9 Å². The van der Waals surface area contributed by atoms with Crippen molar-refractivity contribution in [2.75, 3.05) is 12.4 Å². The summed E-state index contributed by atoms with van der Waals surface area (Å²) >= 11 is 3.36. The highest BCUT2D eigenvalue weighted by Gasteiger charge is 2.33. The summed E-state index contributed by atoms with van der Waals surface area (Å²) < 4.78 is 26.6. The van der Waals surface area contributed by atoms with Gasteiger partial charge in [-0.1, -0.05) is 33.6 Å². The Morgan fingerprint density at radius 2 is 1.83 bits per heavy atom. The number of rotatable bonds is 4. The minimum atomic E-state index is -3.45. The number of aryl methyl sites for hydroxylation is 2. The third-order valence-electron chi connectivity index (χ3n) is 3.15. The minimum Gasteiger partial charge on any atom is -0.207 e. The molecule has 0 unspecified atom stereocenters. The van der Waals surface area contributed by atoms with Gasteiger partial charge in [0.25, 0.3) is 0 Å². The Balaban J connectivity index is 3.30. The topological polar surface area (TPSA) is 37.4 Å². The first kappa shape index (κ1) is 15.7. The average molecular weight is 334 g/mol. The van der Waals surface area contributed by atoms with Crippen LogP contribution in [0, 0.1) is 13.8 Å². The number of hydrogen-bond acceptors (Lipinski definition) is 2. The van der Waals surface area contributed by atoms with Crippen molar-refractivity contribution in [2.45, 2.75) is 38.1 Å². The van der Waals surface area contributed by atoms with Gasteiger partial charge in [-0.2, -0.15) is 4.31 Å². The van der Waals surface area contributed by atoms with Gasteiger partial charge in [0, 0.05) is 17.9 Å². The maximum absolute atomic E-state index is 12.6. The molecule has 0 aliphatic heterocycles. The summed E-state index contributed by atoms with van der Waals surface area (Å²) in [6.45, 7) is 7.57. The molecule has 0 radical (unpaired) electrons. The molecule has 0 heterocycles. The standard InChI is InChI=1S/C13H20BrNO2S/c1-10-6-7-12(11(2)8-10)18(16,17)15(5)13(3,4)9-14/h6-8H,9H2,1-5H3. The SMILES string of the molecule is Cc1ccc(S(=O)(=O)N(C)C(C)(C)CBr)c(C)c1. The maximum atomic E-state index is 12.6. The van der Waals surface area contributed by atoms with Crippen molar-refractivity contribution >= 4 is 26.0 Å². The molecule has 0 atom stereocenters. The molecule has 18 heavy (non-hydrogen) atoms. The highest BCUT2D eigenvalue weighted by atomic mass is 79.9. The van der Waals surface area contributed by atoms with Crippen molar-refractivity contribution in [1.29, 1.82) is 0 Å². The first-order valence-corrected chi connectivity index (χ1v) is 8.31. The molecule has 0 saturated heterocycles. The fraction of sp³-hybridized carbons (Fsp3) is 0.538. The average Bonchev–Trinajstić information content (AvgIpc) is 2.27. The summed E-state index contributed by atoms with van der Waals surface area (Å²) in [7, 11) is -1.83. The van der Waals surface area contributed by atoms with Gasteiger partial charge in [0.1, 0.15) is 0 Å². The minimum absolute atomic E-state index is 0.379. The zero-order chi connectivity index (χ0) is 14.1. The molecule has 0 spiro atoms. The van der Waals surface area contributed by atoms with Crippen LogP contribution in [0.4, 0.5) is 0 Å². The van der Waals surface area contributed by atoms with E-state index in [1.807, 2.05) is 39.8 Å². The normalized spacial score (nSPS) is 13.1. The van der Waals surface area contributed by atoms with Gasteiger partial charge in [-0.25, -0.2) is 8.42 Å². The quantitative estimate of drug-likeness (QED) is 0.794. The van der Waals surface area contributed by atoms with E-state index in [4.69, 9.17) is 0 Å². The Kier molecular flexibility index (Phi) is 4.62. The van der Waals surface area contributed by atoms with Crippen LogP contribution in [0.25, 0.3) is 0 Å².